The zero-order chi connectivity index (χ0) is 13.9. The van der Waals surface area contributed by atoms with E-state index in [2.05, 4.69) is 0 Å². The lowest BCUT2D eigenvalue weighted by atomic mass is 9.95. The average Bonchev–Trinajstić information content (AvgIpc) is 2.27. The maximum absolute atomic E-state index is 10.8. The number of aryl methyl sites for hydroxylation is 1. The lowest BCUT2D eigenvalue weighted by Gasteiger charge is -2.19. The molecule has 2 atom stereocenters. The number of carbonyl (C=O) groups is 2. The molecule has 1 amide bonds. The Labute approximate surface area is 104 Å². The predicted octanol–water partition coefficient (Wildman–Crippen LogP) is -0.0371. The maximum atomic E-state index is 10.8. The third kappa shape index (κ3) is 3.28. The number of hydrogen-bond donors (Lipinski definition) is 4. The molecule has 0 aromatic heterocycles. The molecule has 0 radical (unpaired) electrons. The van der Waals surface area contributed by atoms with Gasteiger partial charge in [-0.3, -0.25) is 4.79 Å². The van der Waals surface area contributed by atoms with Crippen molar-refractivity contribution in [2.75, 3.05) is 0 Å². The molecule has 98 valence electrons. The highest BCUT2D eigenvalue weighted by atomic mass is 16.4. The van der Waals surface area contributed by atoms with Gasteiger partial charge in [-0.25, -0.2) is 4.79 Å². The van der Waals surface area contributed by atoms with Crippen LogP contribution in [0.1, 0.15) is 34.0 Å². The maximum Gasteiger partial charge on any atom is 0.335 e. The molecule has 0 spiro atoms. The van der Waals surface area contributed by atoms with Crippen LogP contribution in [0.5, 0.6) is 0 Å². The van der Waals surface area contributed by atoms with Crippen molar-refractivity contribution in [3.63, 3.8) is 0 Å². The highest BCUT2D eigenvalue weighted by Gasteiger charge is 2.22. The Morgan fingerprint density at radius 1 is 1.33 bits per heavy atom. The van der Waals surface area contributed by atoms with Crippen LogP contribution in [0.25, 0.3) is 0 Å². The smallest absolute Gasteiger partial charge is 0.335 e. The van der Waals surface area contributed by atoms with Crippen molar-refractivity contribution >= 4 is 11.9 Å². The van der Waals surface area contributed by atoms with Gasteiger partial charge in [0.25, 0.3) is 0 Å². The Hall–Kier alpha value is -1.92. The zero-order valence-electron chi connectivity index (χ0n) is 9.83. The van der Waals surface area contributed by atoms with Crippen molar-refractivity contribution in [2.24, 2.45) is 5.73 Å². The molecule has 6 heteroatoms. The molecular formula is C12H15NO5. The standard InChI is InChI=1S/C12H15NO5/c1-6-2-3-7(12(17)18)4-8(6)11(16)9(14)5-10(13)15/h2-4,9,11,14,16H,5H2,1H3,(H2,13,15)(H,17,18). The van der Waals surface area contributed by atoms with Crippen LogP contribution in [-0.4, -0.2) is 33.3 Å². The Morgan fingerprint density at radius 2 is 1.94 bits per heavy atom. The molecule has 1 aromatic rings. The molecule has 5 N–H and O–H groups in total. The van der Waals surface area contributed by atoms with Gasteiger partial charge in [-0.1, -0.05) is 6.07 Å². The summed E-state index contributed by atoms with van der Waals surface area (Å²) in [5.74, 6) is -1.87. The summed E-state index contributed by atoms with van der Waals surface area (Å²) in [5, 5.41) is 28.3. The molecule has 1 rings (SSSR count). The number of primary amides is 1. The van der Waals surface area contributed by atoms with Crippen LogP contribution < -0.4 is 5.73 Å². The molecule has 0 aliphatic carbocycles. The summed E-state index contributed by atoms with van der Waals surface area (Å²) in [5.41, 5.74) is 5.81. The second kappa shape index (κ2) is 5.61. The number of carboxylic acids is 1. The quantitative estimate of drug-likeness (QED) is 0.587. The number of aromatic carboxylic acids is 1. The third-order valence-corrected chi connectivity index (χ3v) is 2.62. The average molecular weight is 253 g/mol. The molecular weight excluding hydrogens is 238 g/mol. The van der Waals surface area contributed by atoms with Crippen LogP contribution in [0.2, 0.25) is 0 Å². The van der Waals surface area contributed by atoms with Crippen molar-refractivity contribution in [3.05, 3.63) is 34.9 Å². The molecule has 0 fully saturated rings. The first-order valence-electron chi connectivity index (χ1n) is 5.31. The van der Waals surface area contributed by atoms with Crippen LogP contribution in [-0.2, 0) is 4.79 Å². The predicted molar refractivity (Wildman–Crippen MR) is 62.9 cm³/mol. The van der Waals surface area contributed by atoms with Crippen LogP contribution in [0.3, 0.4) is 0 Å². The van der Waals surface area contributed by atoms with Gasteiger partial charge in [0, 0.05) is 0 Å². The normalized spacial score (nSPS) is 13.9. The van der Waals surface area contributed by atoms with E-state index in [1.54, 1.807) is 6.92 Å². The van der Waals surface area contributed by atoms with Crippen molar-refractivity contribution in [2.45, 2.75) is 25.6 Å². The second-order valence-electron chi connectivity index (χ2n) is 4.06. The summed E-state index contributed by atoms with van der Waals surface area (Å²) < 4.78 is 0. The first-order valence-corrected chi connectivity index (χ1v) is 5.31. The second-order valence-corrected chi connectivity index (χ2v) is 4.06. The molecule has 2 unspecified atom stereocenters. The highest BCUT2D eigenvalue weighted by Crippen LogP contribution is 2.23. The van der Waals surface area contributed by atoms with Gasteiger partial charge in [-0.15, -0.1) is 0 Å². The van der Waals surface area contributed by atoms with E-state index in [9.17, 15) is 19.8 Å². The lowest BCUT2D eigenvalue weighted by molar-refractivity contribution is -0.121. The van der Waals surface area contributed by atoms with E-state index >= 15 is 0 Å². The summed E-state index contributed by atoms with van der Waals surface area (Å²) in [6.45, 7) is 1.67. The molecule has 0 aliphatic rings. The Bertz CT molecular complexity index is 472. The van der Waals surface area contributed by atoms with Crippen molar-refractivity contribution in [1.82, 2.24) is 0 Å². The van der Waals surface area contributed by atoms with Crippen LogP contribution in [0, 0.1) is 6.92 Å². The Balaban J connectivity index is 3.03. The number of carbonyl (C=O) groups excluding carboxylic acids is 1. The van der Waals surface area contributed by atoms with Crippen LogP contribution in [0.4, 0.5) is 0 Å². The van der Waals surface area contributed by atoms with Crippen molar-refractivity contribution in [3.8, 4) is 0 Å². The lowest BCUT2D eigenvalue weighted by Crippen LogP contribution is -2.26. The van der Waals surface area contributed by atoms with Crippen LogP contribution in [0.15, 0.2) is 18.2 Å². The Kier molecular flexibility index (Phi) is 4.41. The minimum absolute atomic E-state index is 0.000856. The van der Waals surface area contributed by atoms with E-state index in [-0.39, 0.29) is 11.1 Å². The van der Waals surface area contributed by atoms with Gasteiger partial charge in [-0.05, 0) is 30.2 Å². The molecule has 0 bridgehead atoms. The van der Waals surface area contributed by atoms with Gasteiger partial charge < -0.3 is 21.1 Å². The van der Waals surface area contributed by atoms with Gasteiger partial charge in [0.05, 0.1) is 18.1 Å². The third-order valence-electron chi connectivity index (χ3n) is 2.62. The molecule has 0 saturated heterocycles. The first-order chi connectivity index (χ1) is 8.32. The fourth-order valence-corrected chi connectivity index (χ4v) is 1.62. The number of amides is 1. The van der Waals surface area contributed by atoms with Crippen molar-refractivity contribution < 1.29 is 24.9 Å². The number of aliphatic hydroxyl groups excluding tert-OH is 2. The number of benzene rings is 1. The number of nitrogens with two attached hydrogens (primary N) is 1. The zero-order valence-corrected chi connectivity index (χ0v) is 9.83. The largest absolute Gasteiger partial charge is 0.478 e. The number of carboxylic acid groups (broad SMARTS) is 1. The number of aliphatic hydroxyl groups is 2. The van der Waals surface area contributed by atoms with Gasteiger partial charge in [0.2, 0.25) is 5.91 Å². The van der Waals surface area contributed by atoms with Gasteiger partial charge >= 0.3 is 5.97 Å². The molecule has 0 heterocycles. The number of rotatable bonds is 5. The minimum Gasteiger partial charge on any atom is -0.478 e. The van der Waals surface area contributed by atoms with Gasteiger partial charge in [0.15, 0.2) is 0 Å². The minimum atomic E-state index is -1.36. The van der Waals surface area contributed by atoms with Crippen LogP contribution >= 0.6 is 0 Å². The molecule has 18 heavy (non-hydrogen) atoms. The number of hydrogen-bond acceptors (Lipinski definition) is 4. The molecule has 0 saturated carbocycles. The van der Waals surface area contributed by atoms with E-state index < -0.39 is 30.5 Å². The fraction of sp³-hybridized carbons (Fsp3) is 0.333. The van der Waals surface area contributed by atoms with E-state index in [1.165, 1.54) is 18.2 Å². The molecule has 0 aliphatic heterocycles. The van der Waals surface area contributed by atoms with Gasteiger partial charge in [-0.2, -0.15) is 0 Å². The summed E-state index contributed by atoms with van der Waals surface area (Å²) in [6.07, 6.45) is -3.10. The molecule has 6 nitrogen and oxygen atoms in total. The Morgan fingerprint density at radius 3 is 2.44 bits per heavy atom. The van der Waals surface area contributed by atoms with E-state index in [1.807, 2.05) is 0 Å². The summed E-state index contributed by atoms with van der Waals surface area (Å²) in [4.78, 5) is 21.5. The summed E-state index contributed by atoms with van der Waals surface area (Å²) in [7, 11) is 0. The van der Waals surface area contributed by atoms with Gasteiger partial charge in [0.1, 0.15) is 6.10 Å². The first kappa shape index (κ1) is 14.1. The SMILES string of the molecule is Cc1ccc(C(=O)O)cc1C(O)C(O)CC(N)=O. The van der Waals surface area contributed by atoms with E-state index in [0.717, 1.165) is 0 Å². The fourth-order valence-electron chi connectivity index (χ4n) is 1.62. The topological polar surface area (TPSA) is 121 Å². The van der Waals surface area contributed by atoms with Crippen molar-refractivity contribution in [1.29, 1.82) is 0 Å². The summed E-state index contributed by atoms with van der Waals surface area (Å²) >= 11 is 0. The van der Waals surface area contributed by atoms with E-state index in [4.69, 9.17) is 10.8 Å². The highest BCUT2D eigenvalue weighted by molar-refractivity contribution is 5.88. The monoisotopic (exact) mass is 253 g/mol. The van der Waals surface area contributed by atoms with E-state index in [0.29, 0.717) is 5.56 Å². The summed E-state index contributed by atoms with van der Waals surface area (Å²) in [6, 6.07) is 4.19. The molecule has 1 aromatic carbocycles.